The minimum absolute atomic E-state index is 0.0629. The summed E-state index contributed by atoms with van der Waals surface area (Å²) in [6.07, 6.45) is -2.32. The SMILES string of the molecule is CCOC(=O)c1cnc(C(F)F)c(F)c1Cl. The van der Waals surface area contributed by atoms with Gasteiger partial charge in [0.15, 0.2) is 5.82 Å². The highest BCUT2D eigenvalue weighted by molar-refractivity contribution is 6.33. The summed E-state index contributed by atoms with van der Waals surface area (Å²) in [6, 6.07) is 0. The summed E-state index contributed by atoms with van der Waals surface area (Å²) in [5.41, 5.74) is -1.46. The normalized spacial score (nSPS) is 10.6. The molecular formula is C9H7ClF3NO2. The number of alkyl halides is 2. The van der Waals surface area contributed by atoms with Gasteiger partial charge < -0.3 is 4.74 Å². The first kappa shape index (κ1) is 12.8. The van der Waals surface area contributed by atoms with E-state index < -0.39 is 28.9 Å². The summed E-state index contributed by atoms with van der Waals surface area (Å²) in [5, 5.41) is -0.705. The van der Waals surface area contributed by atoms with E-state index in [4.69, 9.17) is 11.6 Å². The Kier molecular flexibility index (Phi) is 4.12. The van der Waals surface area contributed by atoms with Crippen LogP contribution in [0.15, 0.2) is 6.20 Å². The van der Waals surface area contributed by atoms with Gasteiger partial charge in [0.05, 0.1) is 17.2 Å². The highest BCUT2D eigenvalue weighted by atomic mass is 35.5. The van der Waals surface area contributed by atoms with Crippen LogP contribution in [0.1, 0.15) is 29.4 Å². The summed E-state index contributed by atoms with van der Waals surface area (Å²) in [5.74, 6) is -2.30. The van der Waals surface area contributed by atoms with E-state index in [1.165, 1.54) is 0 Å². The Bertz CT molecular complexity index is 412. The molecule has 16 heavy (non-hydrogen) atoms. The molecule has 7 heteroatoms. The number of ether oxygens (including phenoxy) is 1. The zero-order chi connectivity index (χ0) is 12.3. The third-order valence-corrected chi connectivity index (χ3v) is 2.06. The van der Waals surface area contributed by atoms with Crippen molar-refractivity contribution in [1.82, 2.24) is 4.98 Å². The van der Waals surface area contributed by atoms with Gasteiger partial charge in [-0.2, -0.15) is 0 Å². The molecule has 0 aliphatic rings. The molecule has 0 aliphatic carbocycles. The maximum Gasteiger partial charge on any atom is 0.341 e. The number of nitrogens with zero attached hydrogens (tertiary/aromatic N) is 1. The summed E-state index contributed by atoms with van der Waals surface area (Å²) < 4.78 is 42.2. The van der Waals surface area contributed by atoms with Crippen molar-refractivity contribution in [1.29, 1.82) is 0 Å². The van der Waals surface area contributed by atoms with Gasteiger partial charge in [-0.15, -0.1) is 0 Å². The average Bonchev–Trinajstić information content (AvgIpc) is 2.21. The Labute approximate surface area is 94.2 Å². The number of esters is 1. The standard InChI is InChI=1S/C9H7ClF3NO2/c1-2-16-9(15)4-3-14-7(8(12)13)6(11)5(4)10/h3,8H,2H2,1H3. The van der Waals surface area contributed by atoms with Crippen LogP contribution in [0.2, 0.25) is 5.02 Å². The summed E-state index contributed by atoms with van der Waals surface area (Å²) in [6.45, 7) is 1.61. The highest BCUT2D eigenvalue weighted by Crippen LogP contribution is 2.27. The van der Waals surface area contributed by atoms with Crippen LogP contribution in [0.3, 0.4) is 0 Å². The number of carbonyl (C=O) groups is 1. The fraction of sp³-hybridized carbons (Fsp3) is 0.333. The molecule has 88 valence electrons. The van der Waals surface area contributed by atoms with Crippen LogP contribution in [0.4, 0.5) is 13.2 Å². The molecule has 1 rings (SSSR count). The minimum Gasteiger partial charge on any atom is -0.462 e. The smallest absolute Gasteiger partial charge is 0.341 e. The van der Waals surface area contributed by atoms with Crippen LogP contribution in [-0.4, -0.2) is 17.6 Å². The van der Waals surface area contributed by atoms with Crippen molar-refractivity contribution in [3.63, 3.8) is 0 Å². The predicted octanol–water partition coefficient (Wildman–Crippen LogP) is 2.99. The van der Waals surface area contributed by atoms with Crippen molar-refractivity contribution in [2.75, 3.05) is 6.61 Å². The van der Waals surface area contributed by atoms with E-state index in [0.717, 1.165) is 6.20 Å². The lowest BCUT2D eigenvalue weighted by Crippen LogP contribution is -2.09. The van der Waals surface area contributed by atoms with E-state index in [1.54, 1.807) is 6.92 Å². The number of halogens is 4. The van der Waals surface area contributed by atoms with Gasteiger partial charge in [0, 0.05) is 6.20 Å². The van der Waals surface area contributed by atoms with Crippen LogP contribution in [0.25, 0.3) is 0 Å². The molecule has 1 heterocycles. The molecule has 0 radical (unpaired) electrons. The van der Waals surface area contributed by atoms with Crippen molar-refractivity contribution in [3.8, 4) is 0 Å². The molecule has 0 spiro atoms. The summed E-state index contributed by atoms with van der Waals surface area (Å²) in [7, 11) is 0. The number of hydrogen-bond donors (Lipinski definition) is 0. The highest BCUT2D eigenvalue weighted by Gasteiger charge is 2.23. The van der Waals surface area contributed by atoms with Crippen molar-refractivity contribution in [2.45, 2.75) is 13.3 Å². The molecule has 0 amide bonds. The molecule has 1 aromatic rings. The Morgan fingerprint density at radius 1 is 1.62 bits per heavy atom. The van der Waals surface area contributed by atoms with Gasteiger partial charge in [0.1, 0.15) is 5.69 Å². The molecule has 0 atom stereocenters. The second-order valence-corrected chi connectivity index (χ2v) is 3.08. The van der Waals surface area contributed by atoms with Crippen LogP contribution in [0.5, 0.6) is 0 Å². The Morgan fingerprint density at radius 2 is 2.25 bits per heavy atom. The van der Waals surface area contributed by atoms with E-state index in [1.807, 2.05) is 0 Å². The fourth-order valence-corrected chi connectivity index (χ4v) is 1.20. The number of hydrogen-bond acceptors (Lipinski definition) is 3. The molecule has 0 saturated heterocycles. The average molecular weight is 254 g/mol. The number of aromatic nitrogens is 1. The van der Waals surface area contributed by atoms with Crippen LogP contribution < -0.4 is 0 Å². The molecule has 1 aromatic heterocycles. The minimum atomic E-state index is -3.09. The van der Waals surface area contributed by atoms with E-state index >= 15 is 0 Å². The maximum atomic E-state index is 13.2. The second-order valence-electron chi connectivity index (χ2n) is 2.71. The second kappa shape index (κ2) is 5.16. The number of rotatable bonds is 3. The van der Waals surface area contributed by atoms with Gasteiger partial charge in [-0.25, -0.2) is 18.0 Å². The van der Waals surface area contributed by atoms with Crippen LogP contribution >= 0.6 is 11.6 Å². The van der Waals surface area contributed by atoms with Gasteiger partial charge in [-0.3, -0.25) is 4.98 Å². The lowest BCUT2D eigenvalue weighted by atomic mass is 10.2. The van der Waals surface area contributed by atoms with Gasteiger partial charge in [-0.05, 0) is 6.92 Å². The molecular weight excluding hydrogens is 247 g/mol. The molecule has 0 bridgehead atoms. The molecule has 0 fully saturated rings. The monoisotopic (exact) mass is 253 g/mol. The quantitative estimate of drug-likeness (QED) is 0.778. The first-order valence-corrected chi connectivity index (χ1v) is 4.66. The Morgan fingerprint density at radius 3 is 2.75 bits per heavy atom. The van der Waals surface area contributed by atoms with Crippen molar-refractivity contribution >= 4 is 17.6 Å². The van der Waals surface area contributed by atoms with Gasteiger partial charge in [0.25, 0.3) is 6.43 Å². The fourth-order valence-electron chi connectivity index (χ4n) is 0.981. The first-order chi connectivity index (χ1) is 7.49. The van der Waals surface area contributed by atoms with Gasteiger partial charge >= 0.3 is 5.97 Å². The summed E-state index contributed by atoms with van der Waals surface area (Å²) in [4.78, 5) is 14.3. The Balaban J connectivity index is 3.16. The zero-order valence-electron chi connectivity index (χ0n) is 8.14. The first-order valence-electron chi connectivity index (χ1n) is 4.28. The molecule has 0 unspecified atom stereocenters. The molecule has 0 N–H and O–H groups in total. The van der Waals surface area contributed by atoms with E-state index in [2.05, 4.69) is 9.72 Å². The number of pyridine rings is 1. The zero-order valence-corrected chi connectivity index (χ0v) is 8.89. The van der Waals surface area contributed by atoms with Crippen molar-refractivity contribution in [3.05, 3.63) is 28.3 Å². The predicted molar refractivity (Wildman–Crippen MR) is 50.1 cm³/mol. The van der Waals surface area contributed by atoms with Crippen molar-refractivity contribution < 1.29 is 22.7 Å². The van der Waals surface area contributed by atoms with Crippen molar-refractivity contribution in [2.24, 2.45) is 0 Å². The topological polar surface area (TPSA) is 39.2 Å². The maximum absolute atomic E-state index is 13.2. The third-order valence-electron chi connectivity index (χ3n) is 1.69. The molecule has 0 aliphatic heterocycles. The third kappa shape index (κ3) is 2.44. The number of carbonyl (C=O) groups excluding carboxylic acids is 1. The molecule has 0 saturated carbocycles. The van der Waals surface area contributed by atoms with Crippen LogP contribution in [0, 0.1) is 5.82 Å². The molecule has 3 nitrogen and oxygen atoms in total. The lowest BCUT2D eigenvalue weighted by Gasteiger charge is -2.07. The molecule has 0 aromatic carbocycles. The van der Waals surface area contributed by atoms with Crippen LogP contribution in [-0.2, 0) is 4.74 Å². The van der Waals surface area contributed by atoms with Gasteiger partial charge in [0.2, 0.25) is 0 Å². The van der Waals surface area contributed by atoms with E-state index in [0.29, 0.717) is 0 Å². The van der Waals surface area contributed by atoms with Gasteiger partial charge in [-0.1, -0.05) is 11.6 Å². The summed E-state index contributed by atoms with van der Waals surface area (Å²) >= 11 is 5.42. The Hall–Kier alpha value is -1.30. The van der Waals surface area contributed by atoms with E-state index in [-0.39, 0.29) is 12.2 Å². The van der Waals surface area contributed by atoms with E-state index in [9.17, 15) is 18.0 Å². The lowest BCUT2D eigenvalue weighted by molar-refractivity contribution is 0.0524. The largest absolute Gasteiger partial charge is 0.462 e.